The number of halogens is 6. The molecule has 3 rings (SSSR count). The fraction of sp³-hybridized carbons (Fsp3) is 0.182. The van der Waals surface area contributed by atoms with Crippen molar-refractivity contribution in [3.8, 4) is 16.9 Å². The van der Waals surface area contributed by atoms with Crippen LogP contribution in [-0.4, -0.2) is 0 Å². The van der Waals surface area contributed by atoms with Gasteiger partial charge in [-0.25, -0.2) is 17.6 Å². The fourth-order valence-electron chi connectivity index (χ4n) is 2.88. The minimum Gasteiger partial charge on any atom is -0.429 e. The maximum atomic E-state index is 14.4. The molecular weight excluding hydrogens is 394 g/mol. The molecule has 0 aliphatic heterocycles. The zero-order chi connectivity index (χ0) is 21.2. The molecule has 0 aliphatic rings. The summed E-state index contributed by atoms with van der Waals surface area (Å²) in [5.41, 5.74) is 1.01. The second-order valence-electron chi connectivity index (χ2n) is 6.46. The molecule has 0 amide bonds. The number of hydrogen-bond acceptors (Lipinski definition) is 1. The Bertz CT molecular complexity index is 991. The minimum atomic E-state index is -4.23. The smallest absolute Gasteiger partial charge is 0.429 e. The molecule has 0 spiro atoms. The van der Waals surface area contributed by atoms with Crippen molar-refractivity contribution in [2.45, 2.75) is 25.9 Å². The van der Waals surface area contributed by atoms with Crippen LogP contribution in [0.1, 0.15) is 24.5 Å². The quantitative estimate of drug-likeness (QED) is 0.314. The summed E-state index contributed by atoms with van der Waals surface area (Å²) >= 11 is 0. The lowest BCUT2D eigenvalue weighted by molar-refractivity contribution is -0.187. The topological polar surface area (TPSA) is 9.23 Å². The van der Waals surface area contributed by atoms with Crippen molar-refractivity contribution in [2.75, 3.05) is 0 Å². The number of hydrogen-bond donors (Lipinski definition) is 0. The molecule has 0 saturated heterocycles. The van der Waals surface area contributed by atoms with E-state index in [0.717, 1.165) is 30.5 Å². The maximum Gasteiger partial charge on any atom is 0.429 e. The van der Waals surface area contributed by atoms with Gasteiger partial charge in [0.2, 0.25) is 0 Å². The standard InChI is InChI=1S/C22H16F6O/c1-2-3-13-4-6-14(7-5-13)15-8-9-17(18(23)10-15)22(27,28)29-16-11-19(24)21(26)20(25)12-16/h4-12H,2-3H2,1H3. The third kappa shape index (κ3) is 4.55. The highest BCUT2D eigenvalue weighted by atomic mass is 19.3. The summed E-state index contributed by atoms with van der Waals surface area (Å²) in [5, 5.41) is 0. The lowest BCUT2D eigenvalue weighted by Gasteiger charge is -2.19. The molecule has 0 bridgehead atoms. The Balaban J connectivity index is 1.86. The molecule has 29 heavy (non-hydrogen) atoms. The van der Waals surface area contributed by atoms with Gasteiger partial charge >= 0.3 is 6.11 Å². The van der Waals surface area contributed by atoms with Crippen molar-refractivity contribution in [3.05, 3.63) is 89.0 Å². The van der Waals surface area contributed by atoms with E-state index in [2.05, 4.69) is 4.74 Å². The monoisotopic (exact) mass is 410 g/mol. The molecule has 0 saturated carbocycles. The Kier molecular flexibility index (Phi) is 5.86. The summed E-state index contributed by atoms with van der Waals surface area (Å²) in [6, 6.07) is 10.8. The van der Waals surface area contributed by atoms with Crippen molar-refractivity contribution >= 4 is 0 Å². The van der Waals surface area contributed by atoms with Gasteiger partial charge in [-0.05, 0) is 35.2 Å². The number of alkyl halides is 2. The molecule has 0 N–H and O–H groups in total. The van der Waals surface area contributed by atoms with Crippen LogP contribution in [0, 0.1) is 23.3 Å². The van der Waals surface area contributed by atoms with Gasteiger partial charge in [0.25, 0.3) is 0 Å². The van der Waals surface area contributed by atoms with E-state index in [9.17, 15) is 26.3 Å². The lowest BCUT2D eigenvalue weighted by Crippen LogP contribution is -2.23. The average Bonchev–Trinajstić information content (AvgIpc) is 2.66. The van der Waals surface area contributed by atoms with Crippen LogP contribution < -0.4 is 4.74 Å². The SMILES string of the molecule is CCCc1ccc(-c2ccc(C(F)(F)Oc3cc(F)c(F)c(F)c3)c(F)c2)cc1. The summed E-state index contributed by atoms with van der Waals surface area (Å²) in [6.07, 6.45) is -2.37. The van der Waals surface area contributed by atoms with Gasteiger partial charge in [0, 0.05) is 12.1 Å². The largest absolute Gasteiger partial charge is 0.429 e. The predicted molar refractivity (Wildman–Crippen MR) is 96.7 cm³/mol. The first kappa shape index (κ1) is 20.8. The zero-order valence-corrected chi connectivity index (χ0v) is 15.3. The van der Waals surface area contributed by atoms with E-state index in [1.165, 1.54) is 6.07 Å². The first-order chi connectivity index (χ1) is 13.7. The Labute approximate surface area is 163 Å². The number of rotatable bonds is 6. The number of aryl methyl sites for hydroxylation is 1. The van der Waals surface area contributed by atoms with E-state index < -0.39 is 40.7 Å². The fourth-order valence-corrected chi connectivity index (χ4v) is 2.88. The summed E-state index contributed by atoms with van der Waals surface area (Å²) < 4.78 is 86.7. The highest BCUT2D eigenvalue weighted by Gasteiger charge is 2.38. The first-order valence-corrected chi connectivity index (χ1v) is 8.82. The molecule has 0 fully saturated rings. The van der Waals surface area contributed by atoms with Crippen molar-refractivity contribution < 1.29 is 31.1 Å². The van der Waals surface area contributed by atoms with Crippen LogP contribution in [-0.2, 0) is 12.5 Å². The summed E-state index contributed by atoms with van der Waals surface area (Å²) in [7, 11) is 0. The van der Waals surface area contributed by atoms with Gasteiger partial charge < -0.3 is 4.74 Å². The molecule has 3 aromatic rings. The third-order valence-corrected chi connectivity index (χ3v) is 4.31. The third-order valence-electron chi connectivity index (χ3n) is 4.31. The van der Waals surface area contributed by atoms with Gasteiger partial charge in [-0.3, -0.25) is 0 Å². The van der Waals surface area contributed by atoms with Crippen LogP contribution in [0.15, 0.2) is 54.6 Å². The Morgan fingerprint density at radius 1 is 0.759 bits per heavy atom. The summed E-state index contributed by atoms with van der Waals surface area (Å²) in [4.78, 5) is 0. The molecule has 0 atom stereocenters. The highest BCUT2D eigenvalue weighted by Crippen LogP contribution is 2.35. The van der Waals surface area contributed by atoms with Crippen LogP contribution in [0.25, 0.3) is 11.1 Å². The molecule has 0 aliphatic carbocycles. The van der Waals surface area contributed by atoms with Gasteiger partial charge in [0.1, 0.15) is 11.6 Å². The van der Waals surface area contributed by atoms with Gasteiger partial charge in [-0.1, -0.05) is 43.7 Å². The molecule has 7 heteroatoms. The van der Waals surface area contributed by atoms with E-state index in [1.807, 2.05) is 19.1 Å². The summed E-state index contributed by atoms with van der Waals surface area (Å²) in [5.74, 6) is -7.44. The van der Waals surface area contributed by atoms with Crippen LogP contribution in [0.4, 0.5) is 26.3 Å². The van der Waals surface area contributed by atoms with E-state index >= 15 is 0 Å². The maximum absolute atomic E-state index is 14.4. The van der Waals surface area contributed by atoms with Crippen molar-refractivity contribution in [1.82, 2.24) is 0 Å². The Morgan fingerprint density at radius 3 is 1.90 bits per heavy atom. The lowest BCUT2D eigenvalue weighted by atomic mass is 10.0. The van der Waals surface area contributed by atoms with Gasteiger partial charge in [-0.15, -0.1) is 0 Å². The molecule has 0 unspecified atom stereocenters. The molecular formula is C22H16F6O. The second kappa shape index (κ2) is 8.19. The van der Waals surface area contributed by atoms with Gasteiger partial charge in [-0.2, -0.15) is 8.78 Å². The van der Waals surface area contributed by atoms with Gasteiger partial charge in [0.15, 0.2) is 17.5 Å². The molecule has 0 aromatic heterocycles. The predicted octanol–water partition coefficient (Wildman–Crippen LogP) is 6.99. The number of benzene rings is 3. The van der Waals surface area contributed by atoms with Crippen LogP contribution in [0.2, 0.25) is 0 Å². The van der Waals surface area contributed by atoms with Crippen molar-refractivity contribution in [3.63, 3.8) is 0 Å². The second-order valence-corrected chi connectivity index (χ2v) is 6.46. The zero-order valence-electron chi connectivity index (χ0n) is 15.3. The van der Waals surface area contributed by atoms with Crippen LogP contribution >= 0.6 is 0 Å². The Hall–Kier alpha value is -2.96. The first-order valence-electron chi connectivity index (χ1n) is 8.82. The van der Waals surface area contributed by atoms with Gasteiger partial charge in [0.05, 0.1) is 5.56 Å². The number of ether oxygens (including phenoxy) is 1. The summed E-state index contributed by atoms with van der Waals surface area (Å²) in [6.45, 7) is 2.04. The molecule has 1 nitrogen and oxygen atoms in total. The van der Waals surface area contributed by atoms with E-state index in [1.54, 1.807) is 12.1 Å². The van der Waals surface area contributed by atoms with E-state index in [4.69, 9.17) is 0 Å². The molecule has 0 heterocycles. The normalized spacial score (nSPS) is 11.6. The van der Waals surface area contributed by atoms with Crippen LogP contribution in [0.5, 0.6) is 5.75 Å². The van der Waals surface area contributed by atoms with Crippen LogP contribution in [0.3, 0.4) is 0 Å². The van der Waals surface area contributed by atoms with Crippen molar-refractivity contribution in [2.24, 2.45) is 0 Å². The average molecular weight is 410 g/mol. The minimum absolute atomic E-state index is 0.260. The van der Waals surface area contributed by atoms with Crippen molar-refractivity contribution in [1.29, 1.82) is 0 Å². The molecule has 3 aromatic carbocycles. The molecule has 152 valence electrons. The highest BCUT2D eigenvalue weighted by molar-refractivity contribution is 5.64. The van der Waals surface area contributed by atoms with E-state index in [-0.39, 0.29) is 12.1 Å². The molecule has 0 radical (unpaired) electrons. The van der Waals surface area contributed by atoms with E-state index in [0.29, 0.717) is 11.1 Å². The Morgan fingerprint density at radius 2 is 1.34 bits per heavy atom.